The predicted octanol–water partition coefficient (Wildman–Crippen LogP) is 0.814. The van der Waals surface area contributed by atoms with Gasteiger partial charge in [0.05, 0.1) is 6.10 Å². The zero-order valence-electron chi connectivity index (χ0n) is 8.69. The lowest BCUT2D eigenvalue weighted by Crippen LogP contribution is -2.14. The molecule has 84 valence electrons. The van der Waals surface area contributed by atoms with Gasteiger partial charge in [-0.2, -0.15) is 0 Å². The lowest BCUT2D eigenvalue weighted by Gasteiger charge is -2.10. The van der Waals surface area contributed by atoms with E-state index in [0.29, 0.717) is 19.4 Å². The molecule has 0 saturated carbocycles. The first-order chi connectivity index (χ1) is 7.22. The second kappa shape index (κ2) is 6.27. The van der Waals surface area contributed by atoms with Gasteiger partial charge < -0.3 is 21.3 Å². The number of aliphatic hydroxyl groups is 2. The highest BCUT2D eigenvalue weighted by atomic mass is 16.3. The Morgan fingerprint density at radius 1 is 1.20 bits per heavy atom. The number of hydrogen-bond acceptors (Lipinski definition) is 4. The molecule has 1 atom stereocenters. The SMILES string of the molecule is Nc1ccc(NCC[C@H](O)CCO)cc1. The van der Waals surface area contributed by atoms with Crippen molar-refractivity contribution >= 4 is 11.4 Å². The maximum Gasteiger partial charge on any atom is 0.0578 e. The van der Waals surface area contributed by atoms with Crippen LogP contribution < -0.4 is 11.1 Å². The van der Waals surface area contributed by atoms with Crippen LogP contribution in [-0.4, -0.2) is 29.5 Å². The highest BCUT2D eigenvalue weighted by Crippen LogP contribution is 2.10. The monoisotopic (exact) mass is 210 g/mol. The molecule has 15 heavy (non-hydrogen) atoms. The third-order valence-electron chi connectivity index (χ3n) is 2.18. The van der Waals surface area contributed by atoms with Crippen molar-refractivity contribution < 1.29 is 10.2 Å². The van der Waals surface area contributed by atoms with Gasteiger partial charge in [-0.25, -0.2) is 0 Å². The minimum atomic E-state index is -0.434. The van der Waals surface area contributed by atoms with Crippen molar-refractivity contribution in [1.82, 2.24) is 0 Å². The van der Waals surface area contributed by atoms with Crippen LogP contribution in [0.1, 0.15) is 12.8 Å². The smallest absolute Gasteiger partial charge is 0.0578 e. The largest absolute Gasteiger partial charge is 0.399 e. The summed E-state index contributed by atoms with van der Waals surface area (Å²) in [6.45, 7) is 0.716. The van der Waals surface area contributed by atoms with Crippen LogP contribution >= 0.6 is 0 Å². The topological polar surface area (TPSA) is 78.5 Å². The fourth-order valence-corrected chi connectivity index (χ4v) is 1.28. The van der Waals surface area contributed by atoms with Gasteiger partial charge in [-0.15, -0.1) is 0 Å². The van der Waals surface area contributed by atoms with Crippen molar-refractivity contribution in [3.63, 3.8) is 0 Å². The van der Waals surface area contributed by atoms with Gasteiger partial charge in [0.2, 0.25) is 0 Å². The van der Waals surface area contributed by atoms with E-state index < -0.39 is 6.10 Å². The Balaban J connectivity index is 2.22. The Kier molecular flexibility index (Phi) is 4.93. The molecule has 0 aromatic heterocycles. The summed E-state index contributed by atoms with van der Waals surface area (Å²) < 4.78 is 0. The summed E-state index contributed by atoms with van der Waals surface area (Å²) in [6, 6.07) is 7.44. The van der Waals surface area contributed by atoms with E-state index in [1.165, 1.54) is 0 Å². The van der Waals surface area contributed by atoms with Gasteiger partial charge in [-0.05, 0) is 37.1 Å². The first kappa shape index (κ1) is 11.8. The Labute approximate surface area is 89.7 Å². The quantitative estimate of drug-likeness (QED) is 0.524. The summed E-state index contributed by atoms with van der Waals surface area (Å²) in [5.74, 6) is 0. The molecule has 4 heteroatoms. The number of benzene rings is 1. The summed E-state index contributed by atoms with van der Waals surface area (Å²) >= 11 is 0. The van der Waals surface area contributed by atoms with E-state index in [1.54, 1.807) is 0 Å². The van der Waals surface area contributed by atoms with Crippen molar-refractivity contribution in [2.45, 2.75) is 18.9 Å². The molecular weight excluding hydrogens is 192 g/mol. The van der Waals surface area contributed by atoms with Crippen LogP contribution in [0.25, 0.3) is 0 Å². The molecule has 0 saturated heterocycles. The minimum absolute atomic E-state index is 0.0308. The molecule has 0 heterocycles. The predicted molar refractivity (Wildman–Crippen MR) is 61.7 cm³/mol. The van der Waals surface area contributed by atoms with Crippen LogP contribution in [0, 0.1) is 0 Å². The summed E-state index contributed by atoms with van der Waals surface area (Å²) in [5, 5.41) is 21.1. The number of hydrogen-bond donors (Lipinski definition) is 4. The van der Waals surface area contributed by atoms with Gasteiger partial charge >= 0.3 is 0 Å². The van der Waals surface area contributed by atoms with Gasteiger partial charge in [-0.1, -0.05) is 0 Å². The van der Waals surface area contributed by atoms with Crippen molar-refractivity contribution in [3.8, 4) is 0 Å². The van der Waals surface area contributed by atoms with Crippen LogP contribution in [0.2, 0.25) is 0 Å². The van der Waals surface area contributed by atoms with Crippen molar-refractivity contribution in [3.05, 3.63) is 24.3 Å². The zero-order chi connectivity index (χ0) is 11.1. The van der Waals surface area contributed by atoms with Gasteiger partial charge in [0.25, 0.3) is 0 Å². The molecule has 1 aromatic rings. The Hall–Kier alpha value is -1.26. The average molecular weight is 210 g/mol. The third kappa shape index (κ3) is 4.67. The van der Waals surface area contributed by atoms with Crippen LogP contribution in [-0.2, 0) is 0 Å². The van der Waals surface area contributed by atoms with Gasteiger partial charge in [0.15, 0.2) is 0 Å². The molecule has 0 amide bonds. The Morgan fingerprint density at radius 3 is 2.47 bits per heavy atom. The molecule has 5 N–H and O–H groups in total. The Morgan fingerprint density at radius 2 is 1.87 bits per heavy atom. The second-order valence-electron chi connectivity index (χ2n) is 3.50. The summed E-state index contributed by atoms with van der Waals surface area (Å²) in [6.07, 6.45) is 0.630. The molecule has 4 nitrogen and oxygen atoms in total. The number of anilines is 2. The van der Waals surface area contributed by atoms with E-state index in [1.807, 2.05) is 24.3 Å². The van der Waals surface area contributed by atoms with Crippen molar-refractivity contribution in [2.24, 2.45) is 0 Å². The third-order valence-corrected chi connectivity index (χ3v) is 2.18. The number of aliphatic hydroxyl groups excluding tert-OH is 2. The standard InChI is InChI=1S/C11H18N2O2/c12-9-1-3-10(4-2-9)13-7-5-11(15)6-8-14/h1-4,11,13-15H,5-8,12H2/t11-/m0/s1. The van der Waals surface area contributed by atoms with Crippen LogP contribution in [0.4, 0.5) is 11.4 Å². The first-order valence-corrected chi connectivity index (χ1v) is 5.10. The molecular formula is C11H18N2O2. The van der Waals surface area contributed by atoms with Crippen LogP contribution in [0.15, 0.2) is 24.3 Å². The lowest BCUT2D eigenvalue weighted by molar-refractivity contribution is 0.128. The van der Waals surface area contributed by atoms with Gasteiger partial charge in [0, 0.05) is 24.5 Å². The van der Waals surface area contributed by atoms with E-state index in [2.05, 4.69) is 5.32 Å². The summed E-state index contributed by atoms with van der Waals surface area (Å²) in [5.41, 5.74) is 7.27. The fraction of sp³-hybridized carbons (Fsp3) is 0.455. The lowest BCUT2D eigenvalue weighted by atomic mass is 10.2. The number of nitrogens with one attached hydrogen (secondary N) is 1. The van der Waals surface area contributed by atoms with E-state index >= 15 is 0 Å². The Bertz CT molecular complexity index is 274. The van der Waals surface area contributed by atoms with Crippen LogP contribution in [0.3, 0.4) is 0 Å². The molecule has 0 bridgehead atoms. The molecule has 0 aliphatic carbocycles. The molecule has 0 spiro atoms. The molecule has 0 unspecified atom stereocenters. The number of nitrogens with two attached hydrogens (primary N) is 1. The van der Waals surface area contributed by atoms with Crippen molar-refractivity contribution in [1.29, 1.82) is 0 Å². The van der Waals surface area contributed by atoms with Gasteiger partial charge in [-0.3, -0.25) is 0 Å². The summed E-state index contributed by atoms with van der Waals surface area (Å²) in [7, 11) is 0. The fourth-order valence-electron chi connectivity index (χ4n) is 1.28. The van der Waals surface area contributed by atoms with E-state index in [0.717, 1.165) is 11.4 Å². The molecule has 1 aromatic carbocycles. The molecule has 1 rings (SSSR count). The van der Waals surface area contributed by atoms with E-state index in [9.17, 15) is 5.11 Å². The molecule has 0 aliphatic heterocycles. The zero-order valence-corrected chi connectivity index (χ0v) is 8.69. The molecule has 0 fully saturated rings. The van der Waals surface area contributed by atoms with Crippen LogP contribution in [0.5, 0.6) is 0 Å². The number of nitrogen functional groups attached to an aromatic ring is 1. The molecule has 0 radical (unpaired) electrons. The van der Waals surface area contributed by atoms with Gasteiger partial charge in [0.1, 0.15) is 0 Å². The highest BCUT2D eigenvalue weighted by molar-refractivity contribution is 5.51. The first-order valence-electron chi connectivity index (χ1n) is 5.10. The normalized spacial score (nSPS) is 12.4. The minimum Gasteiger partial charge on any atom is -0.399 e. The number of rotatable bonds is 6. The van der Waals surface area contributed by atoms with Crippen molar-refractivity contribution in [2.75, 3.05) is 24.2 Å². The maximum absolute atomic E-state index is 9.35. The second-order valence-corrected chi connectivity index (χ2v) is 3.50. The highest BCUT2D eigenvalue weighted by Gasteiger charge is 2.01. The summed E-state index contributed by atoms with van der Waals surface area (Å²) in [4.78, 5) is 0. The van der Waals surface area contributed by atoms with E-state index in [-0.39, 0.29) is 6.61 Å². The molecule has 0 aliphatic rings. The average Bonchev–Trinajstić information content (AvgIpc) is 2.21. The van der Waals surface area contributed by atoms with E-state index in [4.69, 9.17) is 10.8 Å². The maximum atomic E-state index is 9.35.